The van der Waals surface area contributed by atoms with Gasteiger partial charge in [-0.15, -0.1) is 11.6 Å². The van der Waals surface area contributed by atoms with Crippen LogP contribution in [0.2, 0.25) is 0 Å². The lowest BCUT2D eigenvalue weighted by atomic mass is 10.4. The van der Waals surface area contributed by atoms with Crippen molar-refractivity contribution in [1.29, 1.82) is 0 Å². The van der Waals surface area contributed by atoms with Gasteiger partial charge in [-0.25, -0.2) is 4.98 Å². The molecule has 5 heteroatoms. The predicted molar refractivity (Wildman–Crippen MR) is 71.2 cm³/mol. The van der Waals surface area contributed by atoms with Gasteiger partial charge in [0.2, 0.25) is 0 Å². The van der Waals surface area contributed by atoms with Gasteiger partial charge in [0.15, 0.2) is 0 Å². The Kier molecular flexibility index (Phi) is 2.82. The van der Waals surface area contributed by atoms with E-state index in [9.17, 15) is 0 Å². The summed E-state index contributed by atoms with van der Waals surface area (Å²) in [6, 6.07) is 4.07. The Morgan fingerprint density at radius 2 is 2.29 bits per heavy atom. The SMILES string of the molecule is ClCCc1nc2cnccc2n1-c1ccsc1. The number of aryl methyl sites for hydroxylation is 1. The highest BCUT2D eigenvalue weighted by Gasteiger charge is 2.11. The quantitative estimate of drug-likeness (QED) is 0.679. The monoisotopic (exact) mass is 263 g/mol. The molecule has 0 bridgehead atoms. The first-order valence-corrected chi connectivity index (χ1v) is 6.78. The number of alkyl halides is 1. The lowest BCUT2D eigenvalue weighted by molar-refractivity contribution is 0.915. The Morgan fingerprint density at radius 3 is 3.06 bits per heavy atom. The van der Waals surface area contributed by atoms with E-state index in [1.54, 1.807) is 23.7 Å². The molecular weight excluding hydrogens is 254 g/mol. The molecule has 0 aliphatic carbocycles. The van der Waals surface area contributed by atoms with Gasteiger partial charge in [0.05, 0.1) is 17.4 Å². The van der Waals surface area contributed by atoms with Crippen molar-refractivity contribution in [3.05, 3.63) is 41.1 Å². The summed E-state index contributed by atoms with van der Waals surface area (Å²) >= 11 is 7.51. The van der Waals surface area contributed by atoms with E-state index < -0.39 is 0 Å². The first kappa shape index (κ1) is 10.7. The molecule has 0 spiro atoms. The van der Waals surface area contributed by atoms with E-state index in [-0.39, 0.29) is 0 Å². The van der Waals surface area contributed by atoms with Gasteiger partial charge in [-0.05, 0) is 17.5 Å². The third-order valence-corrected chi connectivity index (χ3v) is 3.47. The summed E-state index contributed by atoms with van der Waals surface area (Å²) in [5.74, 6) is 1.56. The summed E-state index contributed by atoms with van der Waals surface area (Å²) in [7, 11) is 0. The molecule has 3 nitrogen and oxygen atoms in total. The van der Waals surface area contributed by atoms with Crippen molar-refractivity contribution in [3.63, 3.8) is 0 Å². The zero-order valence-electron chi connectivity index (χ0n) is 9.01. The molecule has 0 aliphatic heterocycles. The standard InChI is InChI=1S/C12H10ClN3S/c13-4-1-12-15-10-7-14-5-2-11(10)16(12)9-3-6-17-8-9/h2-3,5-8H,1,4H2. The maximum Gasteiger partial charge on any atom is 0.115 e. The lowest BCUT2D eigenvalue weighted by Gasteiger charge is -2.05. The fraction of sp³-hybridized carbons (Fsp3) is 0.167. The predicted octanol–water partition coefficient (Wildman–Crippen LogP) is 3.26. The maximum absolute atomic E-state index is 5.83. The van der Waals surface area contributed by atoms with Crippen LogP contribution in [-0.2, 0) is 6.42 Å². The van der Waals surface area contributed by atoms with Crippen LogP contribution >= 0.6 is 22.9 Å². The van der Waals surface area contributed by atoms with E-state index in [0.29, 0.717) is 5.88 Å². The number of halogens is 1. The molecule has 0 amide bonds. The zero-order chi connectivity index (χ0) is 11.7. The first-order valence-electron chi connectivity index (χ1n) is 5.30. The first-order chi connectivity index (χ1) is 8.40. The number of aromatic nitrogens is 3. The van der Waals surface area contributed by atoms with Crippen molar-refractivity contribution in [3.8, 4) is 5.69 Å². The summed E-state index contributed by atoms with van der Waals surface area (Å²) in [4.78, 5) is 8.68. The van der Waals surface area contributed by atoms with Crippen molar-refractivity contribution in [2.45, 2.75) is 6.42 Å². The second kappa shape index (κ2) is 4.47. The normalized spacial score (nSPS) is 11.1. The number of rotatable bonds is 3. The number of hydrogen-bond acceptors (Lipinski definition) is 3. The van der Waals surface area contributed by atoms with Gasteiger partial charge >= 0.3 is 0 Å². The molecular formula is C12H10ClN3S. The van der Waals surface area contributed by atoms with Crippen molar-refractivity contribution in [2.75, 3.05) is 5.88 Å². The summed E-state index contributed by atoms with van der Waals surface area (Å²) in [6.45, 7) is 0. The second-order valence-electron chi connectivity index (χ2n) is 3.65. The largest absolute Gasteiger partial charge is 0.295 e. The van der Waals surface area contributed by atoms with Crippen LogP contribution in [0.4, 0.5) is 0 Å². The average molecular weight is 264 g/mol. The van der Waals surface area contributed by atoms with Crippen molar-refractivity contribution >= 4 is 34.0 Å². The third kappa shape index (κ3) is 1.83. The molecule has 0 aliphatic rings. The van der Waals surface area contributed by atoms with Crippen LogP contribution in [0.5, 0.6) is 0 Å². The van der Waals surface area contributed by atoms with Crippen LogP contribution in [0.15, 0.2) is 35.3 Å². The topological polar surface area (TPSA) is 30.7 Å². The molecule has 3 aromatic heterocycles. The van der Waals surface area contributed by atoms with Gasteiger partial charge in [-0.2, -0.15) is 11.3 Å². The number of hydrogen-bond donors (Lipinski definition) is 0. The number of imidazole rings is 1. The third-order valence-electron chi connectivity index (χ3n) is 2.61. The highest BCUT2D eigenvalue weighted by atomic mass is 35.5. The number of pyridine rings is 1. The van der Waals surface area contributed by atoms with Crippen LogP contribution in [0.1, 0.15) is 5.82 Å². The highest BCUT2D eigenvalue weighted by Crippen LogP contribution is 2.22. The minimum Gasteiger partial charge on any atom is -0.295 e. The molecule has 0 atom stereocenters. The lowest BCUT2D eigenvalue weighted by Crippen LogP contribution is -2.00. The minimum absolute atomic E-state index is 0.570. The van der Waals surface area contributed by atoms with Crippen LogP contribution in [0.25, 0.3) is 16.7 Å². The van der Waals surface area contributed by atoms with Crippen LogP contribution in [-0.4, -0.2) is 20.4 Å². The molecule has 3 aromatic rings. The molecule has 0 aromatic carbocycles. The Morgan fingerprint density at radius 1 is 1.35 bits per heavy atom. The average Bonchev–Trinajstić information content (AvgIpc) is 2.94. The van der Waals surface area contributed by atoms with Crippen molar-refractivity contribution in [1.82, 2.24) is 14.5 Å². The molecule has 86 valence electrons. The van der Waals surface area contributed by atoms with Crippen LogP contribution < -0.4 is 0 Å². The molecule has 0 N–H and O–H groups in total. The molecule has 0 radical (unpaired) electrons. The van der Waals surface area contributed by atoms with Crippen molar-refractivity contribution < 1.29 is 0 Å². The van der Waals surface area contributed by atoms with Gasteiger partial charge in [0, 0.05) is 23.9 Å². The van der Waals surface area contributed by atoms with E-state index in [4.69, 9.17) is 11.6 Å². The summed E-state index contributed by atoms with van der Waals surface area (Å²) in [6.07, 6.45) is 4.33. The van der Waals surface area contributed by atoms with Gasteiger partial charge in [-0.1, -0.05) is 0 Å². The fourth-order valence-electron chi connectivity index (χ4n) is 1.91. The van der Waals surface area contributed by atoms with E-state index in [2.05, 4.69) is 31.4 Å². The van der Waals surface area contributed by atoms with Gasteiger partial charge in [0.25, 0.3) is 0 Å². The van der Waals surface area contributed by atoms with Crippen molar-refractivity contribution in [2.24, 2.45) is 0 Å². The zero-order valence-corrected chi connectivity index (χ0v) is 10.6. The van der Waals surface area contributed by atoms with E-state index in [0.717, 1.165) is 29.0 Å². The summed E-state index contributed by atoms with van der Waals surface area (Å²) in [5.41, 5.74) is 3.14. The Hall–Kier alpha value is -1.39. The molecule has 0 saturated carbocycles. The van der Waals surface area contributed by atoms with Crippen LogP contribution in [0.3, 0.4) is 0 Å². The van der Waals surface area contributed by atoms with Gasteiger partial charge in [0.1, 0.15) is 11.3 Å². The Bertz CT molecular complexity index is 630. The molecule has 0 saturated heterocycles. The molecule has 17 heavy (non-hydrogen) atoms. The van der Waals surface area contributed by atoms with Gasteiger partial charge < -0.3 is 0 Å². The number of fused-ring (bicyclic) bond motifs is 1. The summed E-state index contributed by atoms with van der Waals surface area (Å²) in [5, 5.41) is 4.17. The fourth-order valence-corrected chi connectivity index (χ4v) is 2.70. The van der Waals surface area contributed by atoms with Gasteiger partial charge in [-0.3, -0.25) is 9.55 Å². The van der Waals surface area contributed by atoms with E-state index >= 15 is 0 Å². The van der Waals surface area contributed by atoms with E-state index in [1.165, 1.54) is 0 Å². The highest BCUT2D eigenvalue weighted by molar-refractivity contribution is 7.08. The summed E-state index contributed by atoms with van der Waals surface area (Å²) < 4.78 is 2.15. The molecule has 0 fully saturated rings. The molecule has 0 unspecified atom stereocenters. The molecule has 3 rings (SSSR count). The van der Waals surface area contributed by atoms with E-state index in [1.807, 2.05) is 6.07 Å². The number of thiophene rings is 1. The Labute approximate surface area is 108 Å². The second-order valence-corrected chi connectivity index (χ2v) is 4.81. The minimum atomic E-state index is 0.570. The Balaban J connectivity index is 2.28. The van der Waals surface area contributed by atoms with Crippen LogP contribution in [0, 0.1) is 0 Å². The molecule has 3 heterocycles. The number of nitrogens with zero attached hydrogens (tertiary/aromatic N) is 3. The smallest absolute Gasteiger partial charge is 0.115 e. The maximum atomic E-state index is 5.83.